The predicted octanol–water partition coefficient (Wildman–Crippen LogP) is 6.92. The van der Waals surface area contributed by atoms with Gasteiger partial charge in [0.2, 0.25) is 0 Å². The number of pyridine rings is 2. The number of hydrogen-bond acceptors (Lipinski definition) is 5. The van der Waals surface area contributed by atoms with Crippen LogP contribution < -0.4 is 19.7 Å². The molecule has 206 valence electrons. The van der Waals surface area contributed by atoms with Crippen LogP contribution in [0.15, 0.2) is 104 Å². The van der Waals surface area contributed by atoms with Crippen molar-refractivity contribution < 1.29 is 9.47 Å². The number of nitrogens with zero attached hydrogens (tertiary/aromatic N) is 4. The van der Waals surface area contributed by atoms with E-state index in [9.17, 15) is 0 Å². The largest absolute Gasteiger partial charge is 0.497 e. The van der Waals surface area contributed by atoms with Crippen molar-refractivity contribution in [3.05, 3.63) is 132 Å². The molecule has 0 bridgehead atoms. The zero-order chi connectivity index (χ0) is 28.3. The van der Waals surface area contributed by atoms with Gasteiger partial charge in [-0.25, -0.2) is 0 Å². The number of ether oxygens (including phenoxy) is 2. The minimum atomic E-state index is -0.119. The summed E-state index contributed by atoms with van der Waals surface area (Å²) < 4.78 is 13.7. The maximum absolute atomic E-state index is 6.08. The number of rotatable bonds is 8. The van der Waals surface area contributed by atoms with Crippen LogP contribution in [0, 0.1) is 13.8 Å². The Morgan fingerprint density at radius 1 is 0.878 bits per heavy atom. The van der Waals surface area contributed by atoms with E-state index in [2.05, 4.69) is 63.9 Å². The number of anilines is 1. The van der Waals surface area contributed by atoms with Crippen LogP contribution in [0.3, 0.4) is 0 Å². The lowest BCUT2D eigenvalue weighted by Gasteiger charge is -2.28. The van der Waals surface area contributed by atoms with E-state index < -0.39 is 0 Å². The van der Waals surface area contributed by atoms with Crippen molar-refractivity contribution in [1.82, 2.24) is 19.9 Å². The third kappa shape index (κ3) is 5.38. The topological polar surface area (TPSA) is 64.4 Å². The quantitative estimate of drug-likeness (QED) is 0.206. The summed E-state index contributed by atoms with van der Waals surface area (Å²) >= 11 is 5.95. The zero-order valence-electron chi connectivity index (χ0n) is 23.2. The smallest absolute Gasteiger partial charge is 0.174 e. The number of thiocarbonyl (C=S) groups is 1. The van der Waals surface area contributed by atoms with Gasteiger partial charge in [0.05, 0.1) is 24.9 Å². The molecule has 0 spiro atoms. The van der Waals surface area contributed by atoms with Crippen molar-refractivity contribution in [2.45, 2.75) is 32.5 Å². The standard InChI is InChI=1S/C33H31N5O2S/c1-22-19-29(23(2)37(22)21-24-7-6-17-34-20-24)32-31(30-8-4-5-18-35-30)36-33(41)38(32)25-9-11-27(12-10-25)40-28-15-13-26(39-3)14-16-28/h4-20,31-32H,21H2,1-3H3,(H,36,41). The van der Waals surface area contributed by atoms with Crippen LogP contribution in [0.4, 0.5) is 5.69 Å². The molecule has 1 saturated heterocycles. The highest BCUT2D eigenvalue weighted by molar-refractivity contribution is 7.80. The lowest BCUT2D eigenvalue weighted by atomic mass is 9.96. The molecule has 5 aromatic rings. The lowest BCUT2D eigenvalue weighted by molar-refractivity contribution is 0.413. The van der Waals surface area contributed by atoms with Crippen LogP contribution in [-0.2, 0) is 6.54 Å². The van der Waals surface area contributed by atoms with E-state index in [1.54, 1.807) is 13.3 Å². The first-order chi connectivity index (χ1) is 20.0. The van der Waals surface area contributed by atoms with E-state index in [0.717, 1.165) is 40.7 Å². The van der Waals surface area contributed by atoms with Crippen molar-refractivity contribution in [3.63, 3.8) is 0 Å². The molecule has 0 aliphatic carbocycles. The second kappa shape index (κ2) is 11.4. The maximum atomic E-state index is 6.08. The number of aromatic nitrogens is 3. The SMILES string of the molecule is COc1ccc(Oc2ccc(N3C(=S)NC(c4ccccn4)C3c3cc(C)n(Cc4cccnc4)c3C)cc2)cc1. The molecule has 1 N–H and O–H groups in total. The number of aryl methyl sites for hydroxylation is 1. The first-order valence-electron chi connectivity index (χ1n) is 13.5. The molecule has 2 aromatic carbocycles. The van der Waals surface area contributed by atoms with E-state index in [1.807, 2.05) is 67.0 Å². The van der Waals surface area contributed by atoms with Crippen LogP contribution >= 0.6 is 12.2 Å². The van der Waals surface area contributed by atoms with E-state index in [-0.39, 0.29) is 12.1 Å². The Morgan fingerprint density at radius 3 is 2.27 bits per heavy atom. The molecule has 4 heterocycles. The van der Waals surface area contributed by atoms with Crippen molar-refractivity contribution in [2.75, 3.05) is 12.0 Å². The number of nitrogens with one attached hydrogen (secondary N) is 1. The Kier molecular flexibility index (Phi) is 7.39. The highest BCUT2D eigenvalue weighted by atomic mass is 32.1. The molecule has 6 rings (SSSR count). The first kappa shape index (κ1) is 26.5. The highest BCUT2D eigenvalue weighted by Gasteiger charge is 2.42. The zero-order valence-corrected chi connectivity index (χ0v) is 24.0. The Balaban J connectivity index is 1.35. The fourth-order valence-corrected chi connectivity index (χ4v) is 5.79. The Morgan fingerprint density at radius 2 is 1.61 bits per heavy atom. The predicted molar refractivity (Wildman–Crippen MR) is 165 cm³/mol. The van der Waals surface area contributed by atoms with Crippen molar-refractivity contribution >= 4 is 23.0 Å². The van der Waals surface area contributed by atoms with Crippen LogP contribution in [-0.4, -0.2) is 26.8 Å². The first-order valence-corrected chi connectivity index (χ1v) is 13.9. The summed E-state index contributed by atoms with van der Waals surface area (Å²) in [7, 11) is 1.65. The van der Waals surface area contributed by atoms with E-state index in [0.29, 0.717) is 5.11 Å². The van der Waals surface area contributed by atoms with Gasteiger partial charge in [0.1, 0.15) is 17.2 Å². The van der Waals surface area contributed by atoms with Gasteiger partial charge in [-0.05, 0) is 110 Å². The second-order valence-corrected chi connectivity index (χ2v) is 10.4. The summed E-state index contributed by atoms with van der Waals surface area (Å²) in [5.74, 6) is 2.27. The van der Waals surface area contributed by atoms with E-state index in [4.69, 9.17) is 26.7 Å². The van der Waals surface area contributed by atoms with Gasteiger partial charge in [0.25, 0.3) is 0 Å². The Labute approximate surface area is 245 Å². The van der Waals surface area contributed by atoms with Crippen molar-refractivity contribution in [2.24, 2.45) is 0 Å². The van der Waals surface area contributed by atoms with Gasteiger partial charge in [-0.3, -0.25) is 9.97 Å². The molecule has 7 nitrogen and oxygen atoms in total. The van der Waals surface area contributed by atoms with Crippen LogP contribution in [0.5, 0.6) is 17.2 Å². The van der Waals surface area contributed by atoms with Gasteiger partial charge in [-0.15, -0.1) is 0 Å². The fourth-order valence-electron chi connectivity index (χ4n) is 5.45. The average Bonchev–Trinajstić information content (AvgIpc) is 3.49. The number of methoxy groups -OCH3 is 1. The van der Waals surface area contributed by atoms with Gasteiger partial charge in [-0.2, -0.15) is 0 Å². The average molecular weight is 562 g/mol. The third-order valence-corrected chi connectivity index (χ3v) is 7.82. The summed E-state index contributed by atoms with van der Waals surface area (Å²) in [6.45, 7) is 5.08. The molecular weight excluding hydrogens is 530 g/mol. The van der Waals surface area contributed by atoms with E-state index >= 15 is 0 Å². The molecule has 0 saturated carbocycles. The molecule has 1 fully saturated rings. The van der Waals surface area contributed by atoms with Gasteiger partial charge in [-0.1, -0.05) is 12.1 Å². The molecule has 0 radical (unpaired) electrons. The lowest BCUT2D eigenvalue weighted by Crippen LogP contribution is -2.29. The maximum Gasteiger partial charge on any atom is 0.174 e. The molecule has 2 atom stereocenters. The molecule has 1 aliphatic heterocycles. The molecule has 1 aliphatic rings. The van der Waals surface area contributed by atoms with E-state index in [1.165, 1.54) is 17.0 Å². The van der Waals surface area contributed by atoms with Crippen LogP contribution in [0.2, 0.25) is 0 Å². The Bertz CT molecular complexity index is 1640. The number of hydrogen-bond donors (Lipinski definition) is 1. The minimum absolute atomic E-state index is 0.0976. The van der Waals surface area contributed by atoms with Crippen molar-refractivity contribution in [3.8, 4) is 17.2 Å². The summed E-state index contributed by atoms with van der Waals surface area (Å²) in [5, 5.41) is 4.23. The summed E-state index contributed by atoms with van der Waals surface area (Å²) in [6.07, 6.45) is 5.55. The van der Waals surface area contributed by atoms with Gasteiger partial charge in [0, 0.05) is 42.2 Å². The second-order valence-electron chi connectivity index (χ2n) is 10.0. The normalized spacial score (nSPS) is 16.5. The van der Waals surface area contributed by atoms with Gasteiger partial charge < -0.3 is 24.3 Å². The molecule has 41 heavy (non-hydrogen) atoms. The van der Waals surface area contributed by atoms with Gasteiger partial charge in [0.15, 0.2) is 5.11 Å². The molecule has 0 amide bonds. The minimum Gasteiger partial charge on any atom is -0.497 e. The summed E-state index contributed by atoms with van der Waals surface area (Å²) in [4.78, 5) is 11.2. The molecular formula is C33H31N5O2S. The molecule has 3 aromatic heterocycles. The van der Waals surface area contributed by atoms with Gasteiger partial charge >= 0.3 is 0 Å². The van der Waals surface area contributed by atoms with Crippen LogP contribution in [0.25, 0.3) is 0 Å². The third-order valence-electron chi connectivity index (χ3n) is 7.50. The summed E-state index contributed by atoms with van der Waals surface area (Å²) in [5.41, 5.74) is 6.65. The van der Waals surface area contributed by atoms with Crippen molar-refractivity contribution in [1.29, 1.82) is 0 Å². The fraction of sp³-hybridized carbons (Fsp3) is 0.182. The van der Waals surface area contributed by atoms with Crippen LogP contribution in [0.1, 0.15) is 40.3 Å². The monoisotopic (exact) mass is 561 g/mol. The Hall–Kier alpha value is -4.69. The highest BCUT2D eigenvalue weighted by Crippen LogP contribution is 2.43. The summed E-state index contributed by atoms with van der Waals surface area (Å²) in [6, 6.07) is 27.7. The molecule has 2 unspecified atom stereocenters. The molecule has 8 heteroatoms. The number of benzene rings is 2.